The minimum Gasteiger partial charge on any atom is -0.493 e. The fourth-order valence-electron chi connectivity index (χ4n) is 2.76. The monoisotopic (exact) mass is 423 g/mol. The molecule has 0 heterocycles. The number of carbonyl (C=O) groups is 1. The largest absolute Gasteiger partial charge is 0.493 e. The number of ether oxygens (including phenoxy) is 3. The molecule has 0 aliphatic heterocycles. The zero-order valence-corrected chi connectivity index (χ0v) is 18.0. The van der Waals surface area contributed by atoms with Crippen molar-refractivity contribution in [2.75, 3.05) is 33.1 Å². The molecular formula is C24H25NO4S. The number of hydrogen-bond acceptors (Lipinski definition) is 5. The summed E-state index contributed by atoms with van der Waals surface area (Å²) < 4.78 is 16.4. The highest BCUT2D eigenvalue weighted by Gasteiger charge is 2.21. The molecule has 6 heteroatoms. The van der Waals surface area contributed by atoms with Gasteiger partial charge in [0, 0.05) is 11.4 Å². The highest BCUT2D eigenvalue weighted by molar-refractivity contribution is 7.98. The van der Waals surface area contributed by atoms with Crippen molar-refractivity contribution in [1.82, 2.24) is 5.32 Å². The van der Waals surface area contributed by atoms with Gasteiger partial charge < -0.3 is 19.5 Å². The van der Waals surface area contributed by atoms with Gasteiger partial charge in [0.15, 0.2) is 17.6 Å². The summed E-state index contributed by atoms with van der Waals surface area (Å²) in [6, 6.07) is 13.3. The first-order valence-electron chi connectivity index (χ1n) is 9.32. The second-order valence-electron chi connectivity index (χ2n) is 6.19. The summed E-state index contributed by atoms with van der Waals surface area (Å²) >= 11 is 1.63. The van der Waals surface area contributed by atoms with Crippen molar-refractivity contribution in [3.63, 3.8) is 0 Å². The van der Waals surface area contributed by atoms with E-state index in [1.54, 1.807) is 24.9 Å². The summed E-state index contributed by atoms with van der Waals surface area (Å²) in [5.74, 6) is 5.78. The summed E-state index contributed by atoms with van der Waals surface area (Å²) in [6.07, 6.45) is 12.4. The number of rotatable bonds is 11. The summed E-state index contributed by atoms with van der Waals surface area (Å²) in [5.41, 5.74) is 1.75. The second-order valence-corrected chi connectivity index (χ2v) is 7.07. The molecule has 0 spiro atoms. The Labute approximate surface area is 182 Å². The van der Waals surface area contributed by atoms with E-state index >= 15 is 0 Å². The van der Waals surface area contributed by atoms with Gasteiger partial charge in [-0.05, 0) is 48.1 Å². The Hall–Kier alpha value is -3.06. The first kappa shape index (κ1) is 23.2. The SMILES string of the molecule is C#CCOc1ccc(CCNC(=O)C(OCC#C)c2ccc(SC)cc2)cc1OC. The van der Waals surface area contributed by atoms with E-state index in [0.717, 1.165) is 16.0 Å². The van der Waals surface area contributed by atoms with Crippen LogP contribution in [0.15, 0.2) is 47.4 Å². The predicted octanol–water partition coefficient (Wildman–Crippen LogP) is 3.48. The van der Waals surface area contributed by atoms with E-state index in [2.05, 4.69) is 17.2 Å². The van der Waals surface area contributed by atoms with Crippen LogP contribution >= 0.6 is 11.8 Å². The summed E-state index contributed by atoms with van der Waals surface area (Å²) in [6.45, 7) is 0.659. The van der Waals surface area contributed by atoms with Crippen molar-refractivity contribution >= 4 is 17.7 Å². The van der Waals surface area contributed by atoms with Crippen LogP contribution in [0.1, 0.15) is 17.2 Å². The lowest BCUT2D eigenvalue weighted by Gasteiger charge is -2.17. The van der Waals surface area contributed by atoms with E-state index in [-0.39, 0.29) is 19.1 Å². The average molecular weight is 424 g/mol. The maximum atomic E-state index is 12.7. The molecule has 1 unspecified atom stereocenters. The minimum atomic E-state index is -0.758. The molecule has 2 aromatic rings. The lowest BCUT2D eigenvalue weighted by molar-refractivity contribution is -0.132. The fourth-order valence-corrected chi connectivity index (χ4v) is 3.17. The Morgan fingerprint density at radius 1 is 1.10 bits per heavy atom. The number of thioether (sulfide) groups is 1. The van der Waals surface area contributed by atoms with E-state index < -0.39 is 6.10 Å². The molecule has 0 radical (unpaired) electrons. The average Bonchev–Trinajstić information content (AvgIpc) is 2.78. The van der Waals surface area contributed by atoms with Crippen molar-refractivity contribution < 1.29 is 19.0 Å². The van der Waals surface area contributed by atoms with Crippen molar-refractivity contribution in [3.05, 3.63) is 53.6 Å². The normalized spacial score (nSPS) is 11.1. The molecule has 2 aromatic carbocycles. The third kappa shape index (κ3) is 6.77. The minimum absolute atomic E-state index is 0.0542. The molecule has 0 bridgehead atoms. The van der Waals surface area contributed by atoms with E-state index in [9.17, 15) is 4.79 Å². The van der Waals surface area contributed by atoms with Crippen LogP contribution in [0.2, 0.25) is 0 Å². The van der Waals surface area contributed by atoms with Gasteiger partial charge in [-0.3, -0.25) is 4.79 Å². The molecule has 156 valence electrons. The number of carbonyl (C=O) groups excluding carboxylic acids is 1. The lowest BCUT2D eigenvalue weighted by Crippen LogP contribution is -2.32. The molecule has 5 nitrogen and oxygen atoms in total. The zero-order chi connectivity index (χ0) is 21.8. The number of methoxy groups -OCH3 is 1. The number of terminal acetylenes is 2. The first-order chi connectivity index (χ1) is 14.6. The number of nitrogens with one attached hydrogen (secondary N) is 1. The van der Waals surface area contributed by atoms with Crippen molar-refractivity contribution in [2.45, 2.75) is 17.4 Å². The maximum absolute atomic E-state index is 12.7. The van der Waals surface area contributed by atoms with E-state index in [1.807, 2.05) is 42.7 Å². The molecule has 0 saturated carbocycles. The van der Waals surface area contributed by atoms with Crippen LogP contribution in [-0.2, 0) is 16.0 Å². The molecule has 1 amide bonds. The van der Waals surface area contributed by atoms with Gasteiger partial charge in [0.1, 0.15) is 13.2 Å². The Morgan fingerprint density at radius 2 is 1.83 bits per heavy atom. The Bertz CT molecular complexity index is 912. The molecule has 0 aromatic heterocycles. The van der Waals surface area contributed by atoms with Crippen molar-refractivity contribution in [3.8, 4) is 36.2 Å². The zero-order valence-electron chi connectivity index (χ0n) is 17.1. The maximum Gasteiger partial charge on any atom is 0.253 e. The highest BCUT2D eigenvalue weighted by Crippen LogP contribution is 2.28. The van der Waals surface area contributed by atoms with Crippen LogP contribution in [0.5, 0.6) is 11.5 Å². The van der Waals surface area contributed by atoms with Crippen LogP contribution in [0.3, 0.4) is 0 Å². The van der Waals surface area contributed by atoms with E-state index in [1.165, 1.54) is 0 Å². The van der Waals surface area contributed by atoms with Crippen LogP contribution in [0.4, 0.5) is 0 Å². The third-order valence-electron chi connectivity index (χ3n) is 4.24. The van der Waals surface area contributed by atoms with Crippen LogP contribution in [-0.4, -0.2) is 39.0 Å². The lowest BCUT2D eigenvalue weighted by atomic mass is 10.1. The summed E-state index contributed by atoms with van der Waals surface area (Å²) in [7, 11) is 1.57. The summed E-state index contributed by atoms with van der Waals surface area (Å²) in [5, 5.41) is 2.92. The topological polar surface area (TPSA) is 56.8 Å². The van der Waals surface area contributed by atoms with Gasteiger partial charge in [-0.1, -0.05) is 30.0 Å². The van der Waals surface area contributed by atoms with Gasteiger partial charge in [0.05, 0.1) is 7.11 Å². The molecule has 30 heavy (non-hydrogen) atoms. The van der Waals surface area contributed by atoms with Gasteiger partial charge in [0.2, 0.25) is 0 Å². The number of amides is 1. The van der Waals surface area contributed by atoms with E-state index in [4.69, 9.17) is 27.1 Å². The van der Waals surface area contributed by atoms with Gasteiger partial charge in [0.25, 0.3) is 5.91 Å². The molecule has 0 fully saturated rings. The van der Waals surface area contributed by atoms with E-state index in [0.29, 0.717) is 24.5 Å². The van der Waals surface area contributed by atoms with Gasteiger partial charge in [-0.2, -0.15) is 0 Å². The quantitative estimate of drug-likeness (QED) is 0.443. The fraction of sp³-hybridized carbons (Fsp3) is 0.292. The predicted molar refractivity (Wildman–Crippen MR) is 120 cm³/mol. The van der Waals surface area contributed by atoms with Gasteiger partial charge in [-0.15, -0.1) is 24.6 Å². The van der Waals surface area contributed by atoms with Gasteiger partial charge >= 0.3 is 0 Å². The molecular weight excluding hydrogens is 398 g/mol. The second kappa shape index (κ2) is 12.5. The summed E-state index contributed by atoms with van der Waals surface area (Å²) in [4.78, 5) is 13.8. The molecule has 2 rings (SSSR count). The Kier molecular flexibility index (Phi) is 9.67. The van der Waals surface area contributed by atoms with Crippen molar-refractivity contribution in [1.29, 1.82) is 0 Å². The van der Waals surface area contributed by atoms with Crippen LogP contribution in [0, 0.1) is 24.7 Å². The van der Waals surface area contributed by atoms with Crippen LogP contribution < -0.4 is 14.8 Å². The third-order valence-corrected chi connectivity index (χ3v) is 4.99. The van der Waals surface area contributed by atoms with Gasteiger partial charge in [-0.25, -0.2) is 0 Å². The highest BCUT2D eigenvalue weighted by atomic mass is 32.2. The smallest absolute Gasteiger partial charge is 0.253 e. The molecule has 0 aliphatic carbocycles. The first-order valence-corrected chi connectivity index (χ1v) is 10.5. The number of hydrogen-bond donors (Lipinski definition) is 1. The molecule has 1 N–H and O–H groups in total. The Balaban J connectivity index is 1.99. The number of benzene rings is 2. The standard InChI is InChI=1S/C24H25NO4S/c1-5-15-28-21-12-7-18(17-22(21)27-3)13-14-25-24(26)23(29-16-6-2)19-8-10-20(30-4)11-9-19/h1-2,7-12,17,23H,13-16H2,3-4H3,(H,25,26). The van der Waals surface area contributed by atoms with Crippen molar-refractivity contribution in [2.24, 2.45) is 0 Å². The Morgan fingerprint density at radius 3 is 2.47 bits per heavy atom. The molecule has 0 saturated heterocycles. The van der Waals surface area contributed by atoms with Crippen LogP contribution in [0.25, 0.3) is 0 Å². The molecule has 0 aliphatic rings. The molecule has 1 atom stereocenters.